The first kappa shape index (κ1) is 13.2. The van der Waals surface area contributed by atoms with Crippen molar-refractivity contribution in [2.45, 2.75) is 31.4 Å². The van der Waals surface area contributed by atoms with E-state index in [1.807, 2.05) is 0 Å². The van der Waals surface area contributed by atoms with Gasteiger partial charge in [0.1, 0.15) is 10.8 Å². The Bertz CT molecular complexity index is 453. The Labute approximate surface area is 112 Å². The van der Waals surface area contributed by atoms with Crippen molar-refractivity contribution < 1.29 is 9.13 Å². The molecule has 0 amide bonds. The SMILES string of the molecule is COC1CCCC1Nc1ccc(C(N)=S)c(F)c1. The first-order chi connectivity index (χ1) is 8.61. The Morgan fingerprint density at radius 3 is 2.89 bits per heavy atom. The van der Waals surface area contributed by atoms with Crippen molar-refractivity contribution in [2.24, 2.45) is 5.73 Å². The lowest BCUT2D eigenvalue weighted by molar-refractivity contribution is 0.101. The molecule has 0 saturated heterocycles. The van der Waals surface area contributed by atoms with E-state index in [1.165, 1.54) is 6.07 Å². The molecule has 1 aliphatic rings. The van der Waals surface area contributed by atoms with Crippen LogP contribution in [0.4, 0.5) is 10.1 Å². The van der Waals surface area contributed by atoms with Crippen molar-refractivity contribution in [1.29, 1.82) is 0 Å². The lowest BCUT2D eigenvalue weighted by Gasteiger charge is -2.21. The van der Waals surface area contributed by atoms with Gasteiger partial charge < -0.3 is 15.8 Å². The molecule has 0 radical (unpaired) electrons. The van der Waals surface area contributed by atoms with Crippen molar-refractivity contribution in [1.82, 2.24) is 0 Å². The molecule has 1 aromatic carbocycles. The van der Waals surface area contributed by atoms with Gasteiger partial charge in [0.05, 0.1) is 12.1 Å². The molecule has 1 aliphatic carbocycles. The van der Waals surface area contributed by atoms with Gasteiger partial charge in [0, 0.05) is 18.4 Å². The molecule has 0 aliphatic heterocycles. The number of benzene rings is 1. The molecule has 0 bridgehead atoms. The third-order valence-corrected chi connectivity index (χ3v) is 3.56. The van der Waals surface area contributed by atoms with Crippen LogP contribution in [0.2, 0.25) is 0 Å². The monoisotopic (exact) mass is 268 g/mol. The number of hydrogen-bond donors (Lipinski definition) is 2. The quantitative estimate of drug-likeness (QED) is 0.823. The molecule has 1 saturated carbocycles. The lowest BCUT2D eigenvalue weighted by atomic mass is 10.1. The largest absolute Gasteiger partial charge is 0.389 e. The highest BCUT2D eigenvalue weighted by molar-refractivity contribution is 7.80. The summed E-state index contributed by atoms with van der Waals surface area (Å²) >= 11 is 4.77. The number of nitrogens with two attached hydrogens (primary N) is 1. The summed E-state index contributed by atoms with van der Waals surface area (Å²) in [5, 5.41) is 3.30. The molecule has 3 nitrogen and oxygen atoms in total. The van der Waals surface area contributed by atoms with E-state index in [4.69, 9.17) is 22.7 Å². The molecule has 98 valence electrons. The van der Waals surface area contributed by atoms with Gasteiger partial charge in [0.2, 0.25) is 0 Å². The lowest BCUT2D eigenvalue weighted by Crippen LogP contribution is -2.29. The molecule has 2 unspecified atom stereocenters. The molecule has 0 spiro atoms. The minimum atomic E-state index is -0.389. The van der Waals surface area contributed by atoms with E-state index in [2.05, 4.69) is 5.32 Å². The number of rotatable bonds is 4. The van der Waals surface area contributed by atoms with E-state index in [1.54, 1.807) is 19.2 Å². The van der Waals surface area contributed by atoms with Crippen LogP contribution in [0.1, 0.15) is 24.8 Å². The number of halogens is 1. The van der Waals surface area contributed by atoms with Gasteiger partial charge in [-0.25, -0.2) is 4.39 Å². The van der Waals surface area contributed by atoms with Gasteiger partial charge in [-0.15, -0.1) is 0 Å². The van der Waals surface area contributed by atoms with E-state index in [0.29, 0.717) is 0 Å². The number of nitrogens with one attached hydrogen (secondary N) is 1. The maximum atomic E-state index is 13.7. The summed E-state index contributed by atoms with van der Waals surface area (Å²) in [6, 6.07) is 5.07. The fraction of sp³-hybridized carbons (Fsp3) is 0.462. The summed E-state index contributed by atoms with van der Waals surface area (Å²) in [6.45, 7) is 0. The number of ether oxygens (including phenoxy) is 1. The van der Waals surface area contributed by atoms with Crippen LogP contribution in [0.25, 0.3) is 0 Å². The first-order valence-corrected chi connectivity index (χ1v) is 6.41. The fourth-order valence-corrected chi connectivity index (χ4v) is 2.56. The van der Waals surface area contributed by atoms with Crippen LogP contribution in [0.3, 0.4) is 0 Å². The molecule has 3 N–H and O–H groups in total. The fourth-order valence-electron chi connectivity index (χ4n) is 2.39. The third kappa shape index (κ3) is 2.79. The summed E-state index contributed by atoms with van der Waals surface area (Å²) in [5.74, 6) is -0.389. The van der Waals surface area contributed by atoms with E-state index < -0.39 is 0 Å². The zero-order valence-corrected chi connectivity index (χ0v) is 11.1. The van der Waals surface area contributed by atoms with Crippen LogP contribution < -0.4 is 11.1 Å². The average Bonchev–Trinajstić information content (AvgIpc) is 2.76. The van der Waals surface area contributed by atoms with Crippen LogP contribution in [0.15, 0.2) is 18.2 Å². The second kappa shape index (κ2) is 5.63. The molecule has 18 heavy (non-hydrogen) atoms. The molecule has 0 heterocycles. The molecular weight excluding hydrogens is 251 g/mol. The maximum Gasteiger partial charge on any atom is 0.135 e. The molecule has 2 rings (SSSR count). The van der Waals surface area contributed by atoms with Gasteiger partial charge in [-0.05, 0) is 37.5 Å². The second-order valence-corrected chi connectivity index (χ2v) is 4.95. The van der Waals surface area contributed by atoms with Crippen LogP contribution in [0.5, 0.6) is 0 Å². The van der Waals surface area contributed by atoms with Gasteiger partial charge in [-0.3, -0.25) is 0 Å². The van der Waals surface area contributed by atoms with Crippen LogP contribution in [-0.2, 0) is 4.74 Å². The summed E-state index contributed by atoms with van der Waals surface area (Å²) < 4.78 is 19.1. The van der Waals surface area contributed by atoms with Crippen molar-refractivity contribution in [3.05, 3.63) is 29.6 Å². The number of anilines is 1. The normalized spacial score (nSPS) is 23.0. The number of hydrogen-bond acceptors (Lipinski definition) is 3. The molecule has 5 heteroatoms. The Kier molecular flexibility index (Phi) is 4.14. The number of thiocarbonyl (C=S) groups is 1. The Balaban J connectivity index is 2.10. The highest BCUT2D eigenvalue weighted by Crippen LogP contribution is 2.25. The van der Waals surface area contributed by atoms with Crippen LogP contribution in [0, 0.1) is 5.82 Å². The van der Waals surface area contributed by atoms with Gasteiger partial charge in [-0.1, -0.05) is 12.2 Å². The van der Waals surface area contributed by atoms with Crippen LogP contribution >= 0.6 is 12.2 Å². The second-order valence-electron chi connectivity index (χ2n) is 4.51. The minimum absolute atomic E-state index is 0.0784. The van der Waals surface area contributed by atoms with Crippen molar-refractivity contribution >= 4 is 22.9 Å². The third-order valence-electron chi connectivity index (χ3n) is 3.34. The van der Waals surface area contributed by atoms with Gasteiger partial charge in [0.25, 0.3) is 0 Å². The molecular formula is C13H17FN2OS. The Hall–Kier alpha value is -1.20. The van der Waals surface area contributed by atoms with E-state index in [9.17, 15) is 4.39 Å². The minimum Gasteiger partial charge on any atom is -0.389 e. The predicted molar refractivity (Wildman–Crippen MR) is 74.3 cm³/mol. The van der Waals surface area contributed by atoms with Gasteiger partial charge >= 0.3 is 0 Å². The van der Waals surface area contributed by atoms with Crippen molar-refractivity contribution in [2.75, 3.05) is 12.4 Å². The topological polar surface area (TPSA) is 47.3 Å². The Morgan fingerprint density at radius 1 is 1.50 bits per heavy atom. The van der Waals surface area contributed by atoms with E-state index in [-0.39, 0.29) is 28.5 Å². The highest BCUT2D eigenvalue weighted by atomic mass is 32.1. The molecule has 1 fully saturated rings. The van der Waals surface area contributed by atoms with Gasteiger partial charge in [-0.2, -0.15) is 0 Å². The van der Waals surface area contributed by atoms with E-state index in [0.717, 1.165) is 24.9 Å². The predicted octanol–water partition coefficient (Wildman–Crippen LogP) is 2.44. The Morgan fingerprint density at radius 2 is 2.28 bits per heavy atom. The summed E-state index contributed by atoms with van der Waals surface area (Å²) in [7, 11) is 1.71. The molecule has 0 aromatic heterocycles. The molecule has 1 aromatic rings. The summed E-state index contributed by atoms with van der Waals surface area (Å²) in [4.78, 5) is 0.0784. The van der Waals surface area contributed by atoms with Crippen molar-refractivity contribution in [3.63, 3.8) is 0 Å². The zero-order chi connectivity index (χ0) is 13.1. The van der Waals surface area contributed by atoms with Crippen LogP contribution in [-0.4, -0.2) is 24.2 Å². The zero-order valence-electron chi connectivity index (χ0n) is 10.3. The highest BCUT2D eigenvalue weighted by Gasteiger charge is 2.26. The average molecular weight is 268 g/mol. The standard InChI is InChI=1S/C13H17FN2OS/c1-17-12-4-2-3-11(12)16-8-5-6-9(13(15)18)10(14)7-8/h5-7,11-12,16H,2-4H2,1H3,(H2,15,18). The summed E-state index contributed by atoms with van der Waals surface area (Å²) in [5.41, 5.74) is 6.44. The first-order valence-electron chi connectivity index (χ1n) is 6.00. The van der Waals surface area contributed by atoms with E-state index >= 15 is 0 Å². The van der Waals surface area contributed by atoms with Gasteiger partial charge in [0.15, 0.2) is 0 Å². The molecule has 2 atom stereocenters. The smallest absolute Gasteiger partial charge is 0.135 e. The van der Waals surface area contributed by atoms with Crippen molar-refractivity contribution in [3.8, 4) is 0 Å². The number of methoxy groups -OCH3 is 1. The maximum absolute atomic E-state index is 13.7. The summed E-state index contributed by atoms with van der Waals surface area (Å²) in [6.07, 6.45) is 3.41.